The Morgan fingerprint density at radius 1 is 0.909 bits per heavy atom. The van der Waals surface area contributed by atoms with Crippen LogP contribution in [0.5, 0.6) is 5.75 Å². The first kappa shape index (κ1) is 22.4. The Hall–Kier alpha value is -3.75. The molecule has 33 heavy (non-hydrogen) atoms. The van der Waals surface area contributed by atoms with Crippen LogP contribution in [-0.2, 0) is 9.59 Å². The van der Waals surface area contributed by atoms with Crippen LogP contribution in [-0.4, -0.2) is 24.1 Å². The lowest BCUT2D eigenvalue weighted by Gasteiger charge is -2.15. The second kappa shape index (κ2) is 9.40. The van der Waals surface area contributed by atoms with E-state index in [1.807, 2.05) is 0 Å². The minimum Gasteiger partial charge on any atom is -0.423 e. The van der Waals surface area contributed by atoms with Crippen molar-refractivity contribution in [3.8, 4) is 5.75 Å². The standard InChI is InChI=1S/C24H14BrClN2O5/c25-16-5-9-18(10-6-16)28-22(30)20(26)21(23(28)31)27-17-7-3-15(4-8-17)24(32)33-19-11-1-14(13-29)2-12-19/h1-13,27H. The van der Waals surface area contributed by atoms with E-state index in [0.717, 1.165) is 9.37 Å². The lowest BCUT2D eigenvalue weighted by molar-refractivity contribution is -0.120. The van der Waals surface area contributed by atoms with Crippen molar-refractivity contribution in [1.82, 2.24) is 0 Å². The van der Waals surface area contributed by atoms with Crippen molar-refractivity contribution in [3.63, 3.8) is 0 Å². The van der Waals surface area contributed by atoms with E-state index in [-0.39, 0.29) is 16.3 Å². The van der Waals surface area contributed by atoms with Gasteiger partial charge in [-0.2, -0.15) is 0 Å². The fraction of sp³-hybridized carbons (Fsp3) is 0. The fourth-order valence-electron chi connectivity index (χ4n) is 3.05. The molecule has 0 aliphatic carbocycles. The zero-order valence-corrected chi connectivity index (χ0v) is 19.1. The van der Waals surface area contributed by atoms with Crippen LogP contribution in [0, 0.1) is 0 Å². The molecule has 7 nitrogen and oxygen atoms in total. The number of rotatable bonds is 6. The van der Waals surface area contributed by atoms with Gasteiger partial charge in [0.15, 0.2) is 0 Å². The Kier molecular flexibility index (Phi) is 6.39. The second-order valence-electron chi connectivity index (χ2n) is 6.89. The molecule has 0 radical (unpaired) electrons. The zero-order chi connectivity index (χ0) is 23.5. The van der Waals surface area contributed by atoms with Crippen LogP contribution in [0.3, 0.4) is 0 Å². The molecule has 0 saturated heterocycles. The maximum Gasteiger partial charge on any atom is 0.343 e. The molecule has 3 aromatic carbocycles. The van der Waals surface area contributed by atoms with Crippen molar-refractivity contribution >= 4 is 63.0 Å². The van der Waals surface area contributed by atoms with Gasteiger partial charge in [0.1, 0.15) is 22.8 Å². The Labute approximate surface area is 201 Å². The first-order valence-corrected chi connectivity index (χ1v) is 10.7. The Bertz CT molecular complexity index is 1290. The van der Waals surface area contributed by atoms with Crippen LogP contribution in [0.15, 0.2) is 88.0 Å². The summed E-state index contributed by atoms with van der Waals surface area (Å²) in [6.45, 7) is 0. The number of amides is 2. The molecule has 0 aromatic heterocycles. The molecule has 0 bridgehead atoms. The lowest BCUT2D eigenvalue weighted by Crippen LogP contribution is -2.32. The minimum absolute atomic E-state index is 0.0600. The molecule has 1 heterocycles. The van der Waals surface area contributed by atoms with Gasteiger partial charge in [-0.05, 0) is 72.8 Å². The number of hydrogen-bond donors (Lipinski definition) is 1. The number of ether oxygens (including phenoxy) is 1. The van der Waals surface area contributed by atoms with E-state index in [1.165, 1.54) is 36.4 Å². The molecule has 0 unspecified atom stereocenters. The third-order valence-corrected chi connectivity index (χ3v) is 5.61. The van der Waals surface area contributed by atoms with Crippen LogP contribution in [0.25, 0.3) is 0 Å². The number of esters is 1. The summed E-state index contributed by atoms with van der Waals surface area (Å²) < 4.78 is 6.08. The van der Waals surface area contributed by atoms with Crippen molar-refractivity contribution < 1.29 is 23.9 Å². The first-order chi connectivity index (χ1) is 15.9. The molecule has 9 heteroatoms. The molecule has 3 aromatic rings. The average molecular weight is 526 g/mol. The maximum absolute atomic E-state index is 12.8. The Balaban J connectivity index is 1.46. The molecule has 164 valence electrons. The number of imide groups is 1. The van der Waals surface area contributed by atoms with Gasteiger partial charge < -0.3 is 10.1 Å². The largest absolute Gasteiger partial charge is 0.423 e. The minimum atomic E-state index is -0.632. The maximum atomic E-state index is 12.8. The van der Waals surface area contributed by atoms with Crippen LogP contribution >= 0.6 is 27.5 Å². The normalized spacial score (nSPS) is 13.3. The van der Waals surface area contributed by atoms with Gasteiger partial charge in [-0.1, -0.05) is 27.5 Å². The van der Waals surface area contributed by atoms with Crippen molar-refractivity contribution in [2.75, 3.05) is 10.2 Å². The number of benzene rings is 3. The van der Waals surface area contributed by atoms with Crippen LogP contribution in [0.1, 0.15) is 20.7 Å². The van der Waals surface area contributed by atoms with Gasteiger partial charge >= 0.3 is 5.97 Å². The Morgan fingerprint density at radius 2 is 1.55 bits per heavy atom. The topological polar surface area (TPSA) is 92.8 Å². The molecule has 0 spiro atoms. The lowest BCUT2D eigenvalue weighted by atomic mass is 10.2. The number of hydrogen-bond acceptors (Lipinski definition) is 6. The number of carbonyl (C=O) groups excluding carboxylic acids is 4. The molecule has 0 fully saturated rings. The van der Waals surface area contributed by atoms with E-state index in [0.29, 0.717) is 29.0 Å². The number of anilines is 2. The summed E-state index contributed by atoms with van der Waals surface area (Å²) in [6.07, 6.45) is 0.694. The number of nitrogens with one attached hydrogen (secondary N) is 1. The van der Waals surface area contributed by atoms with Gasteiger partial charge in [0.2, 0.25) is 0 Å². The summed E-state index contributed by atoms with van der Waals surface area (Å²) >= 11 is 9.45. The van der Waals surface area contributed by atoms with E-state index in [9.17, 15) is 19.2 Å². The summed E-state index contributed by atoms with van der Waals surface area (Å²) in [5, 5.41) is 2.62. The van der Waals surface area contributed by atoms with Crippen molar-refractivity contribution in [2.24, 2.45) is 0 Å². The van der Waals surface area contributed by atoms with Gasteiger partial charge in [-0.15, -0.1) is 0 Å². The Morgan fingerprint density at radius 3 is 2.15 bits per heavy atom. The predicted octanol–water partition coefficient (Wildman–Crippen LogP) is 4.92. The summed E-state index contributed by atoms with van der Waals surface area (Å²) in [7, 11) is 0. The van der Waals surface area contributed by atoms with Crippen molar-refractivity contribution in [3.05, 3.63) is 99.1 Å². The first-order valence-electron chi connectivity index (χ1n) is 9.56. The van der Waals surface area contributed by atoms with Gasteiger partial charge in [-0.25, -0.2) is 9.69 Å². The monoisotopic (exact) mass is 524 g/mol. The molecule has 2 amide bonds. The smallest absolute Gasteiger partial charge is 0.343 e. The number of aldehydes is 1. The van der Waals surface area contributed by atoms with E-state index < -0.39 is 17.8 Å². The van der Waals surface area contributed by atoms with E-state index in [2.05, 4.69) is 21.2 Å². The highest BCUT2D eigenvalue weighted by atomic mass is 79.9. The average Bonchev–Trinajstić information content (AvgIpc) is 3.04. The van der Waals surface area contributed by atoms with Crippen molar-refractivity contribution in [2.45, 2.75) is 0 Å². The van der Waals surface area contributed by atoms with Gasteiger partial charge in [0, 0.05) is 15.7 Å². The molecule has 4 rings (SSSR count). The summed E-state index contributed by atoms with van der Waals surface area (Å²) in [6, 6.07) is 18.9. The van der Waals surface area contributed by atoms with Gasteiger partial charge in [0.05, 0.1) is 11.3 Å². The molecule has 0 saturated carbocycles. The summed E-state index contributed by atoms with van der Waals surface area (Å²) in [5.74, 6) is -1.51. The fourth-order valence-corrected chi connectivity index (χ4v) is 3.53. The predicted molar refractivity (Wildman–Crippen MR) is 126 cm³/mol. The second-order valence-corrected chi connectivity index (χ2v) is 8.18. The van der Waals surface area contributed by atoms with E-state index >= 15 is 0 Å². The highest BCUT2D eigenvalue weighted by molar-refractivity contribution is 9.10. The number of halogens is 2. The van der Waals surface area contributed by atoms with E-state index in [1.54, 1.807) is 36.4 Å². The van der Waals surface area contributed by atoms with Gasteiger partial charge in [-0.3, -0.25) is 14.4 Å². The third-order valence-electron chi connectivity index (χ3n) is 4.73. The number of carbonyl (C=O) groups is 4. The number of nitrogens with zero attached hydrogens (tertiary/aromatic N) is 1. The van der Waals surface area contributed by atoms with Gasteiger partial charge in [0.25, 0.3) is 11.8 Å². The molecule has 1 aliphatic rings. The van der Waals surface area contributed by atoms with Crippen LogP contribution in [0.2, 0.25) is 0 Å². The quantitative estimate of drug-likeness (QED) is 0.213. The SMILES string of the molecule is O=Cc1ccc(OC(=O)c2ccc(NC3=C(Cl)C(=O)N(c4ccc(Br)cc4)C3=O)cc2)cc1. The highest BCUT2D eigenvalue weighted by Crippen LogP contribution is 2.31. The summed E-state index contributed by atoms with van der Waals surface area (Å²) in [5.41, 5.74) is 1.52. The van der Waals surface area contributed by atoms with Crippen molar-refractivity contribution in [1.29, 1.82) is 0 Å². The van der Waals surface area contributed by atoms with Crippen LogP contribution < -0.4 is 15.0 Å². The molecular formula is C24H14BrClN2O5. The zero-order valence-electron chi connectivity index (χ0n) is 16.7. The van der Waals surface area contributed by atoms with E-state index in [4.69, 9.17) is 16.3 Å². The molecule has 0 atom stereocenters. The molecular weight excluding hydrogens is 512 g/mol. The molecule has 1 N–H and O–H groups in total. The third kappa shape index (κ3) is 4.72. The van der Waals surface area contributed by atoms with Crippen LogP contribution in [0.4, 0.5) is 11.4 Å². The summed E-state index contributed by atoms with van der Waals surface area (Å²) in [4.78, 5) is 49.4. The highest BCUT2D eigenvalue weighted by Gasteiger charge is 2.38. The molecule has 1 aliphatic heterocycles.